The quantitative estimate of drug-likeness (QED) is 0.894. The monoisotopic (exact) mass is 261 g/mol. The molecule has 0 saturated carbocycles. The third kappa shape index (κ3) is 6.01. The first kappa shape index (κ1) is 13.6. The van der Waals surface area contributed by atoms with Gasteiger partial charge in [-0.1, -0.05) is 12.1 Å². The van der Waals surface area contributed by atoms with Gasteiger partial charge in [0, 0.05) is 12.6 Å². The minimum Gasteiger partial charge on any atom is -0.326 e. The minimum absolute atomic E-state index is 0.220. The van der Waals surface area contributed by atoms with Crippen molar-refractivity contribution in [1.29, 1.82) is 0 Å². The van der Waals surface area contributed by atoms with Crippen LogP contribution in [0.2, 0.25) is 0 Å². The van der Waals surface area contributed by atoms with E-state index in [0.717, 1.165) is 5.41 Å². The molecular weight excluding hydrogens is 251 g/mol. The molecule has 0 heterocycles. The summed E-state index contributed by atoms with van der Waals surface area (Å²) in [5.74, 6) is -0.226. The van der Waals surface area contributed by atoms with E-state index in [2.05, 4.69) is 5.32 Å². The van der Waals surface area contributed by atoms with E-state index in [0.29, 0.717) is 11.3 Å². The number of halogens is 3. The van der Waals surface area contributed by atoms with Crippen LogP contribution in [0.25, 0.3) is 6.08 Å². The highest BCUT2D eigenvalue weighted by Crippen LogP contribution is 2.31. The minimum atomic E-state index is -4.27. The highest BCUT2D eigenvalue weighted by Gasteiger charge is 2.26. The molecule has 0 bridgehead atoms. The summed E-state index contributed by atoms with van der Waals surface area (Å²) in [5.41, 5.74) is -3.13. The molecule has 0 aliphatic rings. The lowest BCUT2D eigenvalue weighted by Crippen LogP contribution is -2.05. The zero-order chi connectivity index (χ0) is 12.9. The Labute approximate surface area is 101 Å². The molecule has 0 saturated heterocycles. The number of benzene rings is 1. The van der Waals surface area contributed by atoms with Crippen molar-refractivity contribution in [3.05, 3.63) is 35.2 Å². The van der Waals surface area contributed by atoms with E-state index in [-0.39, 0.29) is 17.7 Å². The Kier molecular flexibility index (Phi) is 4.62. The van der Waals surface area contributed by atoms with Crippen molar-refractivity contribution in [2.24, 2.45) is 0 Å². The number of hydrogen-bond donors (Lipinski definition) is 1. The Balaban J connectivity index is 2.69. The van der Waals surface area contributed by atoms with Gasteiger partial charge in [-0.15, -0.1) is 0 Å². The first-order valence-electron chi connectivity index (χ1n) is 4.65. The van der Waals surface area contributed by atoms with Crippen molar-refractivity contribution in [1.82, 2.24) is 0 Å². The molecule has 1 aromatic carbocycles. The summed E-state index contributed by atoms with van der Waals surface area (Å²) in [6, 6.07) is 6.56. The lowest BCUT2D eigenvalue weighted by Gasteiger charge is -2.03. The Bertz CT molecular complexity index is 429. The van der Waals surface area contributed by atoms with Gasteiger partial charge < -0.3 is 5.32 Å². The zero-order valence-corrected chi connectivity index (χ0v) is 9.73. The maximum atomic E-state index is 11.9. The highest BCUT2D eigenvalue weighted by molar-refractivity contribution is 8.03. The fourth-order valence-corrected chi connectivity index (χ4v) is 1.49. The number of carbonyl (C=O) groups excluding carboxylic acids is 1. The average Bonchev–Trinajstić information content (AvgIpc) is 2.15. The predicted molar refractivity (Wildman–Crippen MR) is 63.4 cm³/mol. The van der Waals surface area contributed by atoms with Gasteiger partial charge in [0.1, 0.15) is 0 Å². The molecule has 17 heavy (non-hydrogen) atoms. The van der Waals surface area contributed by atoms with Crippen molar-refractivity contribution in [3.8, 4) is 0 Å². The molecule has 0 aliphatic heterocycles. The van der Waals surface area contributed by atoms with Crippen molar-refractivity contribution in [2.45, 2.75) is 12.4 Å². The molecule has 0 unspecified atom stereocenters. The molecule has 0 radical (unpaired) electrons. The van der Waals surface area contributed by atoms with E-state index in [9.17, 15) is 18.0 Å². The van der Waals surface area contributed by atoms with Crippen LogP contribution in [-0.2, 0) is 4.79 Å². The average molecular weight is 261 g/mol. The molecule has 92 valence electrons. The van der Waals surface area contributed by atoms with Crippen molar-refractivity contribution in [3.63, 3.8) is 0 Å². The Hall–Kier alpha value is -1.43. The van der Waals surface area contributed by atoms with E-state index in [1.54, 1.807) is 24.3 Å². The summed E-state index contributed by atoms with van der Waals surface area (Å²) >= 11 is -0.220. The summed E-state index contributed by atoms with van der Waals surface area (Å²) in [7, 11) is 0. The number of thioether (sulfide) groups is 1. The van der Waals surface area contributed by atoms with E-state index < -0.39 is 5.51 Å². The number of anilines is 1. The van der Waals surface area contributed by atoms with Gasteiger partial charge in [-0.3, -0.25) is 4.79 Å². The molecule has 2 nitrogen and oxygen atoms in total. The van der Waals surface area contributed by atoms with Gasteiger partial charge in [0.2, 0.25) is 5.91 Å². The Morgan fingerprint density at radius 2 is 2.12 bits per heavy atom. The third-order valence-corrected chi connectivity index (χ3v) is 2.21. The van der Waals surface area contributed by atoms with Gasteiger partial charge in [0.05, 0.1) is 0 Å². The van der Waals surface area contributed by atoms with Gasteiger partial charge in [-0.2, -0.15) is 13.2 Å². The van der Waals surface area contributed by atoms with Crippen molar-refractivity contribution >= 4 is 29.4 Å². The topological polar surface area (TPSA) is 29.1 Å². The first-order chi connectivity index (χ1) is 7.87. The van der Waals surface area contributed by atoms with E-state index >= 15 is 0 Å². The molecule has 1 rings (SSSR count). The summed E-state index contributed by atoms with van der Waals surface area (Å²) in [4.78, 5) is 10.8. The van der Waals surface area contributed by atoms with Crippen LogP contribution in [0, 0.1) is 0 Å². The third-order valence-electron chi connectivity index (χ3n) is 1.67. The number of nitrogens with one attached hydrogen (secondary N) is 1. The van der Waals surface area contributed by atoms with Crippen LogP contribution in [0.15, 0.2) is 29.7 Å². The first-order valence-corrected chi connectivity index (χ1v) is 5.53. The summed E-state index contributed by atoms with van der Waals surface area (Å²) in [6.45, 7) is 1.36. The zero-order valence-electron chi connectivity index (χ0n) is 8.91. The maximum Gasteiger partial charge on any atom is 0.445 e. The van der Waals surface area contributed by atoms with Crippen LogP contribution >= 0.6 is 11.8 Å². The fraction of sp³-hybridized carbons (Fsp3) is 0.182. The molecule has 6 heteroatoms. The van der Waals surface area contributed by atoms with Crippen LogP contribution in [-0.4, -0.2) is 11.4 Å². The van der Waals surface area contributed by atoms with E-state index in [1.807, 2.05) is 0 Å². The molecule has 0 spiro atoms. The molecule has 1 aromatic rings. The van der Waals surface area contributed by atoms with Crippen LogP contribution in [0.4, 0.5) is 18.9 Å². The summed E-state index contributed by atoms with van der Waals surface area (Å²) < 4.78 is 35.6. The van der Waals surface area contributed by atoms with E-state index in [1.165, 1.54) is 13.0 Å². The van der Waals surface area contributed by atoms with Gasteiger partial charge in [-0.25, -0.2) is 0 Å². The number of carbonyl (C=O) groups is 1. The number of alkyl halides is 3. The molecular formula is C11H10F3NOS. The molecule has 0 atom stereocenters. The largest absolute Gasteiger partial charge is 0.445 e. The lowest BCUT2D eigenvalue weighted by atomic mass is 10.2. The van der Waals surface area contributed by atoms with Crippen LogP contribution < -0.4 is 5.32 Å². The number of hydrogen-bond acceptors (Lipinski definition) is 2. The predicted octanol–water partition coefficient (Wildman–Crippen LogP) is 3.87. The summed E-state index contributed by atoms with van der Waals surface area (Å²) in [5, 5.41) is 3.52. The number of rotatable bonds is 3. The van der Waals surface area contributed by atoms with Crippen LogP contribution in [0.3, 0.4) is 0 Å². The standard InChI is InChI=1S/C11H10F3NOS/c1-8(16)15-10-4-2-3-9(7-10)5-6-17-11(12,13)14/h2-7H,1H3,(H,15,16)/b6-5+. The summed E-state index contributed by atoms with van der Waals surface area (Å²) in [6.07, 6.45) is 1.34. The van der Waals surface area contributed by atoms with Gasteiger partial charge in [0.15, 0.2) is 0 Å². The molecule has 0 fully saturated rings. The second-order valence-electron chi connectivity index (χ2n) is 3.17. The fourth-order valence-electron chi connectivity index (χ4n) is 1.11. The molecule has 0 aromatic heterocycles. The normalized spacial score (nSPS) is 11.8. The highest BCUT2D eigenvalue weighted by atomic mass is 32.2. The SMILES string of the molecule is CC(=O)Nc1cccc(/C=C/SC(F)(F)F)c1. The second-order valence-corrected chi connectivity index (χ2v) is 4.14. The molecule has 1 amide bonds. The maximum absolute atomic E-state index is 11.9. The smallest absolute Gasteiger partial charge is 0.326 e. The molecule has 0 aliphatic carbocycles. The van der Waals surface area contributed by atoms with Gasteiger partial charge >= 0.3 is 5.51 Å². The van der Waals surface area contributed by atoms with Crippen LogP contribution in [0.5, 0.6) is 0 Å². The van der Waals surface area contributed by atoms with Crippen molar-refractivity contribution in [2.75, 3.05) is 5.32 Å². The molecule has 1 N–H and O–H groups in total. The van der Waals surface area contributed by atoms with E-state index in [4.69, 9.17) is 0 Å². The van der Waals surface area contributed by atoms with Gasteiger partial charge in [0.25, 0.3) is 0 Å². The lowest BCUT2D eigenvalue weighted by molar-refractivity contribution is -0.114. The Morgan fingerprint density at radius 1 is 1.41 bits per heavy atom. The van der Waals surface area contributed by atoms with Crippen molar-refractivity contribution < 1.29 is 18.0 Å². The van der Waals surface area contributed by atoms with Gasteiger partial charge in [-0.05, 0) is 40.9 Å². The van der Waals surface area contributed by atoms with Crippen LogP contribution in [0.1, 0.15) is 12.5 Å². The number of amides is 1. The second kappa shape index (κ2) is 5.77. The Morgan fingerprint density at radius 3 is 2.71 bits per heavy atom.